The Hall–Kier alpha value is -6.24. The lowest BCUT2D eigenvalue weighted by molar-refractivity contribution is 0.465. The van der Waals surface area contributed by atoms with Crippen molar-refractivity contribution in [3.63, 3.8) is 0 Å². The Morgan fingerprint density at radius 3 is 1.26 bits per heavy atom. The highest BCUT2D eigenvalue weighted by atomic mass is 16.5. The van der Waals surface area contributed by atoms with Gasteiger partial charge < -0.3 is 31.2 Å². The Bertz CT molecular complexity index is 1970. The first-order chi connectivity index (χ1) is 20.4. The van der Waals surface area contributed by atoms with Gasteiger partial charge in [0.2, 0.25) is 0 Å². The van der Waals surface area contributed by atoms with Gasteiger partial charge in [0.1, 0.15) is 34.5 Å². The quantitative estimate of drug-likeness (QED) is 0.0994. The van der Waals surface area contributed by atoms with Crippen LogP contribution in [0.3, 0.4) is 0 Å². The highest BCUT2D eigenvalue weighted by Crippen LogP contribution is 2.49. The van der Waals surface area contributed by atoms with Crippen molar-refractivity contribution in [2.24, 2.45) is 0 Å². The zero-order chi connectivity index (χ0) is 29.4. The highest BCUT2D eigenvalue weighted by molar-refractivity contribution is 6.12. The SMILES string of the molecule is C#Cc1cc(Oc2ccc(O)c(N)c2)c(-c2c(Oc3ccc(O)c(N)c3)cc(C#C)c3ccccc23)c2ccccc12. The number of nitrogen functional groups attached to an aromatic ring is 2. The molecule has 0 aliphatic heterocycles. The van der Waals surface area contributed by atoms with E-state index >= 15 is 0 Å². The number of aromatic hydroxyl groups is 2. The maximum Gasteiger partial charge on any atom is 0.138 e. The average Bonchev–Trinajstić information content (AvgIpc) is 3.00. The minimum atomic E-state index is -0.0508. The third-order valence-corrected chi connectivity index (χ3v) is 7.03. The van der Waals surface area contributed by atoms with Gasteiger partial charge in [0, 0.05) is 34.4 Å². The topological polar surface area (TPSA) is 111 Å². The third-order valence-electron chi connectivity index (χ3n) is 7.03. The van der Waals surface area contributed by atoms with E-state index in [1.807, 2.05) is 48.5 Å². The van der Waals surface area contributed by atoms with Gasteiger partial charge in [-0.2, -0.15) is 0 Å². The Balaban J connectivity index is 1.72. The Labute approximate surface area is 242 Å². The molecule has 0 amide bonds. The largest absolute Gasteiger partial charge is 0.506 e. The van der Waals surface area contributed by atoms with Gasteiger partial charge in [0.25, 0.3) is 0 Å². The summed E-state index contributed by atoms with van der Waals surface area (Å²) in [6.07, 6.45) is 11.9. The first-order valence-electron chi connectivity index (χ1n) is 13.0. The summed E-state index contributed by atoms with van der Waals surface area (Å²) in [7, 11) is 0. The van der Waals surface area contributed by atoms with Crippen molar-refractivity contribution >= 4 is 32.9 Å². The molecular formula is C36H24N2O4. The summed E-state index contributed by atoms with van der Waals surface area (Å²) in [5.74, 6) is 7.15. The lowest BCUT2D eigenvalue weighted by Crippen LogP contribution is -1.98. The van der Waals surface area contributed by atoms with Crippen molar-refractivity contribution in [1.29, 1.82) is 0 Å². The number of terminal acetylenes is 2. The maximum atomic E-state index is 9.98. The molecule has 0 aliphatic carbocycles. The monoisotopic (exact) mass is 548 g/mol. The molecule has 0 unspecified atom stereocenters. The standard InChI is InChI=1S/C36H24N2O4/c1-3-21-17-33(41-23-13-15-31(39)29(37)19-23)35(27-11-7-5-9-25(21)27)36-28-12-8-6-10-26(28)22(4-2)18-34(36)42-24-14-16-32(40)30(38)20-24/h1-2,5-20,39-40H,37-38H2. The Kier molecular flexibility index (Phi) is 6.43. The normalized spacial score (nSPS) is 10.7. The summed E-state index contributed by atoms with van der Waals surface area (Å²) < 4.78 is 12.9. The van der Waals surface area contributed by atoms with E-state index in [1.54, 1.807) is 36.4 Å². The molecule has 0 atom stereocenters. The average molecular weight is 549 g/mol. The summed E-state index contributed by atoms with van der Waals surface area (Å²) in [6.45, 7) is 0. The van der Waals surface area contributed by atoms with Crippen LogP contribution in [0.2, 0.25) is 0 Å². The first-order valence-corrected chi connectivity index (χ1v) is 13.0. The molecule has 0 spiro atoms. The minimum absolute atomic E-state index is 0.0508. The molecule has 0 radical (unpaired) electrons. The van der Waals surface area contributed by atoms with Crippen molar-refractivity contribution in [3.8, 4) is 70.3 Å². The fraction of sp³-hybridized carbons (Fsp3) is 0. The number of phenolic OH excluding ortho intramolecular Hbond substituents is 2. The summed E-state index contributed by atoms with van der Waals surface area (Å²) in [6, 6.07) is 28.4. The van der Waals surface area contributed by atoms with Crippen molar-refractivity contribution in [2.75, 3.05) is 11.5 Å². The lowest BCUT2D eigenvalue weighted by Gasteiger charge is -2.21. The smallest absolute Gasteiger partial charge is 0.138 e. The molecule has 6 aromatic carbocycles. The van der Waals surface area contributed by atoms with E-state index in [9.17, 15) is 10.2 Å². The van der Waals surface area contributed by atoms with Crippen LogP contribution in [0.15, 0.2) is 97.1 Å². The van der Waals surface area contributed by atoms with Crippen LogP contribution < -0.4 is 20.9 Å². The molecule has 0 aliphatic rings. The zero-order valence-electron chi connectivity index (χ0n) is 22.3. The number of benzene rings is 6. The fourth-order valence-electron chi connectivity index (χ4n) is 5.06. The number of ether oxygens (including phenoxy) is 2. The summed E-state index contributed by atoms with van der Waals surface area (Å²) in [4.78, 5) is 0. The number of nitrogens with two attached hydrogens (primary N) is 2. The van der Waals surface area contributed by atoms with Gasteiger partial charge in [-0.05, 0) is 57.9 Å². The molecule has 6 N–H and O–H groups in total. The number of fused-ring (bicyclic) bond motifs is 2. The molecule has 0 heterocycles. The molecule has 6 nitrogen and oxygen atoms in total. The number of hydrogen-bond donors (Lipinski definition) is 4. The van der Waals surface area contributed by atoms with Crippen LogP contribution >= 0.6 is 0 Å². The molecule has 0 aromatic heterocycles. The van der Waals surface area contributed by atoms with Crippen LogP contribution in [0.1, 0.15) is 11.1 Å². The number of rotatable bonds is 5. The molecule has 42 heavy (non-hydrogen) atoms. The molecule has 6 heteroatoms. The lowest BCUT2D eigenvalue weighted by atomic mass is 9.89. The Morgan fingerprint density at radius 2 is 0.905 bits per heavy atom. The highest BCUT2D eigenvalue weighted by Gasteiger charge is 2.23. The molecule has 6 aromatic rings. The zero-order valence-corrected chi connectivity index (χ0v) is 22.3. The first kappa shape index (κ1) is 26.0. The van der Waals surface area contributed by atoms with Crippen LogP contribution in [0.25, 0.3) is 32.7 Å². The van der Waals surface area contributed by atoms with Gasteiger partial charge in [-0.15, -0.1) is 12.8 Å². The van der Waals surface area contributed by atoms with Crippen LogP contribution in [-0.2, 0) is 0 Å². The molecule has 0 bridgehead atoms. The second-order valence-corrected chi connectivity index (χ2v) is 9.62. The van der Waals surface area contributed by atoms with Crippen molar-refractivity contribution in [1.82, 2.24) is 0 Å². The number of phenols is 2. The molecule has 0 saturated heterocycles. The van der Waals surface area contributed by atoms with E-state index in [1.165, 1.54) is 12.1 Å². The van der Waals surface area contributed by atoms with E-state index in [0.717, 1.165) is 21.5 Å². The summed E-state index contributed by atoms with van der Waals surface area (Å²) in [5.41, 5.74) is 15.0. The van der Waals surface area contributed by atoms with Gasteiger partial charge in [-0.3, -0.25) is 0 Å². The van der Waals surface area contributed by atoms with Gasteiger partial charge in [0.15, 0.2) is 0 Å². The van der Waals surface area contributed by atoms with E-state index in [4.69, 9.17) is 33.8 Å². The summed E-state index contributed by atoms with van der Waals surface area (Å²) in [5, 5.41) is 23.3. The molecule has 0 saturated carbocycles. The second kappa shape index (κ2) is 10.4. The van der Waals surface area contributed by atoms with E-state index < -0.39 is 0 Å². The Morgan fingerprint density at radius 1 is 0.524 bits per heavy atom. The van der Waals surface area contributed by atoms with Crippen molar-refractivity contribution < 1.29 is 19.7 Å². The maximum absolute atomic E-state index is 9.98. The van der Waals surface area contributed by atoms with Gasteiger partial charge in [-0.25, -0.2) is 0 Å². The van der Waals surface area contributed by atoms with E-state index in [2.05, 4.69) is 11.8 Å². The minimum Gasteiger partial charge on any atom is -0.506 e. The van der Waals surface area contributed by atoms with Crippen LogP contribution in [0, 0.1) is 24.7 Å². The van der Waals surface area contributed by atoms with Gasteiger partial charge >= 0.3 is 0 Å². The number of hydrogen-bond acceptors (Lipinski definition) is 6. The molecule has 202 valence electrons. The van der Waals surface area contributed by atoms with Crippen LogP contribution in [-0.4, -0.2) is 10.2 Å². The second-order valence-electron chi connectivity index (χ2n) is 9.62. The fourth-order valence-corrected chi connectivity index (χ4v) is 5.06. The summed E-state index contributed by atoms with van der Waals surface area (Å²) >= 11 is 0. The van der Waals surface area contributed by atoms with Gasteiger partial charge in [0.05, 0.1) is 11.4 Å². The van der Waals surface area contributed by atoms with Gasteiger partial charge in [-0.1, -0.05) is 60.4 Å². The van der Waals surface area contributed by atoms with Crippen LogP contribution in [0.4, 0.5) is 11.4 Å². The van der Waals surface area contributed by atoms with E-state index in [-0.39, 0.29) is 22.9 Å². The molecular weight excluding hydrogens is 524 g/mol. The molecule has 0 fully saturated rings. The van der Waals surface area contributed by atoms with Crippen molar-refractivity contribution in [3.05, 3.63) is 108 Å². The van der Waals surface area contributed by atoms with E-state index in [0.29, 0.717) is 45.3 Å². The van der Waals surface area contributed by atoms with Crippen molar-refractivity contribution in [2.45, 2.75) is 0 Å². The molecule has 6 rings (SSSR count). The third kappa shape index (κ3) is 4.50. The predicted octanol–water partition coefficient (Wildman–Crippen LogP) is 7.78. The number of anilines is 2. The van der Waals surface area contributed by atoms with Crippen LogP contribution in [0.5, 0.6) is 34.5 Å². The predicted molar refractivity (Wildman–Crippen MR) is 168 cm³/mol.